The van der Waals surface area contributed by atoms with Crippen LogP contribution in [0.2, 0.25) is 0 Å². The molecule has 0 bridgehead atoms. The monoisotopic (exact) mass is 207 g/mol. The molecule has 0 spiro atoms. The Hall–Kier alpha value is -1.51. The topological polar surface area (TPSA) is 41.8 Å². The summed E-state index contributed by atoms with van der Waals surface area (Å²) in [5.74, 6) is 1.31. The van der Waals surface area contributed by atoms with Gasteiger partial charge in [-0.15, -0.1) is 0 Å². The fourth-order valence-corrected chi connectivity index (χ4v) is 1.13. The van der Waals surface area contributed by atoms with E-state index in [-0.39, 0.29) is 0 Å². The molecule has 3 heteroatoms. The molecule has 0 aromatic heterocycles. The number of benzene rings is 1. The summed E-state index contributed by atoms with van der Waals surface area (Å²) in [6, 6.07) is 7.55. The van der Waals surface area contributed by atoms with Crippen LogP contribution in [0.1, 0.15) is 26.3 Å². The molecule has 0 saturated heterocycles. The Balaban J connectivity index is 2.74. The molecule has 0 aliphatic rings. The van der Waals surface area contributed by atoms with Gasteiger partial charge in [0.15, 0.2) is 0 Å². The average molecular weight is 207 g/mol. The predicted molar refractivity (Wildman–Crippen MR) is 60.8 cm³/mol. The van der Waals surface area contributed by atoms with Gasteiger partial charge in [-0.3, -0.25) is 0 Å². The predicted octanol–water partition coefficient (Wildman–Crippen LogP) is 2.92. The highest BCUT2D eigenvalue weighted by molar-refractivity contribution is 5.98. The average Bonchev–Trinajstić information content (AvgIpc) is 2.25. The number of oxime groups is 1. The molecular formula is C12H17NO2. The van der Waals surface area contributed by atoms with E-state index >= 15 is 0 Å². The summed E-state index contributed by atoms with van der Waals surface area (Å²) in [4.78, 5) is 0. The molecule has 0 fully saturated rings. The number of hydrogen-bond donors (Lipinski definition) is 1. The first-order chi connectivity index (χ1) is 7.13. The van der Waals surface area contributed by atoms with Crippen LogP contribution in [0.4, 0.5) is 0 Å². The fraction of sp³-hybridized carbons (Fsp3) is 0.417. The van der Waals surface area contributed by atoms with Gasteiger partial charge in [-0.2, -0.15) is 0 Å². The summed E-state index contributed by atoms with van der Waals surface area (Å²) in [5, 5.41) is 11.8. The maximum atomic E-state index is 8.64. The van der Waals surface area contributed by atoms with E-state index in [2.05, 4.69) is 19.0 Å². The summed E-state index contributed by atoms with van der Waals surface area (Å²) >= 11 is 0. The molecule has 15 heavy (non-hydrogen) atoms. The molecule has 0 aliphatic carbocycles. The van der Waals surface area contributed by atoms with E-state index in [4.69, 9.17) is 9.94 Å². The van der Waals surface area contributed by atoms with Crippen LogP contribution in [-0.4, -0.2) is 17.5 Å². The molecule has 0 amide bonds. The number of nitrogens with zero attached hydrogens (tertiary/aromatic N) is 1. The molecule has 0 saturated carbocycles. The van der Waals surface area contributed by atoms with E-state index in [0.29, 0.717) is 18.2 Å². The Morgan fingerprint density at radius 1 is 1.47 bits per heavy atom. The second-order valence-electron chi connectivity index (χ2n) is 3.92. The Bertz CT molecular complexity index is 345. The van der Waals surface area contributed by atoms with Gasteiger partial charge in [0.05, 0.1) is 12.3 Å². The zero-order chi connectivity index (χ0) is 11.3. The van der Waals surface area contributed by atoms with Crippen LogP contribution in [0, 0.1) is 5.92 Å². The number of ether oxygens (including phenoxy) is 1. The largest absolute Gasteiger partial charge is 0.493 e. The van der Waals surface area contributed by atoms with Crippen molar-refractivity contribution in [2.24, 2.45) is 11.1 Å². The maximum Gasteiger partial charge on any atom is 0.119 e. The standard InChI is InChI=1S/C12H17NO2/c1-9(2)8-15-12-6-4-5-11(7-12)10(3)13-14/h4-7,9,14H,8H2,1-3H3/b13-10+. The van der Waals surface area contributed by atoms with Crippen molar-refractivity contribution in [3.05, 3.63) is 29.8 Å². The van der Waals surface area contributed by atoms with Gasteiger partial charge < -0.3 is 9.94 Å². The zero-order valence-corrected chi connectivity index (χ0v) is 9.40. The smallest absolute Gasteiger partial charge is 0.119 e. The summed E-state index contributed by atoms with van der Waals surface area (Å²) in [5.41, 5.74) is 1.46. The van der Waals surface area contributed by atoms with Crippen molar-refractivity contribution in [2.45, 2.75) is 20.8 Å². The Morgan fingerprint density at radius 3 is 2.80 bits per heavy atom. The first kappa shape index (κ1) is 11.6. The number of rotatable bonds is 4. The van der Waals surface area contributed by atoms with E-state index in [1.165, 1.54) is 0 Å². The first-order valence-corrected chi connectivity index (χ1v) is 5.05. The SMILES string of the molecule is C/C(=N\O)c1cccc(OCC(C)C)c1. The van der Waals surface area contributed by atoms with Crippen LogP contribution in [0.3, 0.4) is 0 Å². The molecule has 0 aliphatic heterocycles. The van der Waals surface area contributed by atoms with Crippen LogP contribution < -0.4 is 4.74 Å². The fourth-order valence-electron chi connectivity index (χ4n) is 1.13. The lowest BCUT2D eigenvalue weighted by Crippen LogP contribution is -2.05. The summed E-state index contributed by atoms with van der Waals surface area (Å²) in [7, 11) is 0. The quantitative estimate of drug-likeness (QED) is 0.468. The van der Waals surface area contributed by atoms with Crippen molar-refractivity contribution < 1.29 is 9.94 Å². The minimum atomic E-state index is 0.501. The zero-order valence-electron chi connectivity index (χ0n) is 9.40. The van der Waals surface area contributed by atoms with Gasteiger partial charge in [-0.05, 0) is 25.0 Å². The molecular weight excluding hydrogens is 190 g/mol. The van der Waals surface area contributed by atoms with Crippen molar-refractivity contribution in [2.75, 3.05) is 6.61 Å². The van der Waals surface area contributed by atoms with Crippen LogP contribution in [0.15, 0.2) is 29.4 Å². The lowest BCUT2D eigenvalue weighted by Gasteiger charge is -2.09. The molecule has 1 N–H and O–H groups in total. The second-order valence-corrected chi connectivity index (χ2v) is 3.92. The summed E-state index contributed by atoms with van der Waals surface area (Å²) in [6.07, 6.45) is 0. The van der Waals surface area contributed by atoms with Gasteiger partial charge in [-0.25, -0.2) is 0 Å². The third-order valence-corrected chi connectivity index (χ3v) is 1.99. The van der Waals surface area contributed by atoms with Gasteiger partial charge in [-0.1, -0.05) is 31.1 Å². The normalized spacial score (nSPS) is 11.9. The highest BCUT2D eigenvalue weighted by atomic mass is 16.5. The lowest BCUT2D eigenvalue weighted by molar-refractivity contribution is 0.271. The number of hydrogen-bond acceptors (Lipinski definition) is 3. The van der Waals surface area contributed by atoms with Crippen molar-refractivity contribution >= 4 is 5.71 Å². The van der Waals surface area contributed by atoms with E-state index < -0.39 is 0 Å². The van der Waals surface area contributed by atoms with Crippen molar-refractivity contribution in [1.29, 1.82) is 0 Å². The van der Waals surface area contributed by atoms with Gasteiger partial charge in [0, 0.05) is 5.56 Å². The van der Waals surface area contributed by atoms with E-state index in [9.17, 15) is 0 Å². The van der Waals surface area contributed by atoms with Crippen LogP contribution in [0.25, 0.3) is 0 Å². The maximum absolute atomic E-state index is 8.64. The van der Waals surface area contributed by atoms with Gasteiger partial charge in [0.2, 0.25) is 0 Å². The molecule has 0 heterocycles. The third-order valence-electron chi connectivity index (χ3n) is 1.99. The van der Waals surface area contributed by atoms with Crippen LogP contribution in [-0.2, 0) is 0 Å². The molecule has 0 atom stereocenters. The van der Waals surface area contributed by atoms with Gasteiger partial charge >= 0.3 is 0 Å². The Kier molecular flexibility index (Phi) is 4.16. The third kappa shape index (κ3) is 3.62. The van der Waals surface area contributed by atoms with Crippen LogP contribution >= 0.6 is 0 Å². The second kappa shape index (κ2) is 5.39. The minimum Gasteiger partial charge on any atom is -0.493 e. The summed E-state index contributed by atoms with van der Waals surface area (Å²) in [6.45, 7) is 6.65. The molecule has 1 aromatic carbocycles. The Morgan fingerprint density at radius 2 is 2.20 bits per heavy atom. The van der Waals surface area contributed by atoms with Crippen molar-refractivity contribution in [3.8, 4) is 5.75 Å². The molecule has 1 aromatic rings. The van der Waals surface area contributed by atoms with Gasteiger partial charge in [0.25, 0.3) is 0 Å². The molecule has 1 rings (SSSR count). The summed E-state index contributed by atoms with van der Waals surface area (Å²) < 4.78 is 5.57. The highest BCUT2D eigenvalue weighted by Gasteiger charge is 2.01. The highest BCUT2D eigenvalue weighted by Crippen LogP contribution is 2.14. The minimum absolute atomic E-state index is 0.501. The van der Waals surface area contributed by atoms with E-state index in [1.54, 1.807) is 6.92 Å². The van der Waals surface area contributed by atoms with Gasteiger partial charge in [0.1, 0.15) is 5.75 Å². The molecule has 0 radical (unpaired) electrons. The lowest BCUT2D eigenvalue weighted by atomic mass is 10.1. The van der Waals surface area contributed by atoms with Crippen LogP contribution in [0.5, 0.6) is 5.75 Å². The van der Waals surface area contributed by atoms with Crippen molar-refractivity contribution in [3.63, 3.8) is 0 Å². The molecule has 3 nitrogen and oxygen atoms in total. The Labute approximate surface area is 90.4 Å². The first-order valence-electron chi connectivity index (χ1n) is 5.05. The van der Waals surface area contributed by atoms with E-state index in [1.807, 2.05) is 24.3 Å². The van der Waals surface area contributed by atoms with E-state index in [0.717, 1.165) is 11.3 Å². The molecule has 82 valence electrons. The molecule has 0 unspecified atom stereocenters. The van der Waals surface area contributed by atoms with Crippen molar-refractivity contribution in [1.82, 2.24) is 0 Å².